The lowest BCUT2D eigenvalue weighted by Gasteiger charge is -2.10. The van der Waals surface area contributed by atoms with Gasteiger partial charge in [0.2, 0.25) is 0 Å². The maximum atomic E-state index is 6.32. The number of halogens is 1. The minimum atomic E-state index is 0.801. The molecule has 0 bridgehead atoms. The minimum Gasteiger partial charge on any atom is -0.340 e. The van der Waals surface area contributed by atoms with Crippen molar-refractivity contribution in [1.29, 1.82) is 0 Å². The summed E-state index contributed by atoms with van der Waals surface area (Å²) in [6.45, 7) is 3.86. The van der Waals surface area contributed by atoms with Crippen LogP contribution in [0, 0.1) is 6.92 Å². The van der Waals surface area contributed by atoms with Crippen molar-refractivity contribution in [2.45, 2.75) is 20.0 Å². The Morgan fingerprint density at radius 2 is 1.76 bits per heavy atom. The van der Waals surface area contributed by atoms with Gasteiger partial charge in [-0.1, -0.05) is 48.0 Å². The molecule has 0 aliphatic rings. The SMILES string of the molecule is CNCc1c(C)n(Cc2ccccc2Cl)c2ccccc12. The quantitative estimate of drug-likeness (QED) is 0.757. The first-order chi connectivity index (χ1) is 10.2. The maximum absolute atomic E-state index is 6.32. The zero-order chi connectivity index (χ0) is 14.8. The zero-order valence-electron chi connectivity index (χ0n) is 12.4. The molecular formula is C18H19ClN2. The van der Waals surface area contributed by atoms with E-state index in [0.29, 0.717) is 0 Å². The molecule has 0 radical (unpaired) electrons. The van der Waals surface area contributed by atoms with Gasteiger partial charge in [0.05, 0.1) is 0 Å². The number of hydrogen-bond donors (Lipinski definition) is 1. The van der Waals surface area contributed by atoms with E-state index >= 15 is 0 Å². The third kappa shape index (κ3) is 2.57. The molecule has 0 saturated heterocycles. The van der Waals surface area contributed by atoms with Gasteiger partial charge in [-0.2, -0.15) is 0 Å². The summed E-state index contributed by atoms with van der Waals surface area (Å²) < 4.78 is 2.35. The summed E-state index contributed by atoms with van der Waals surface area (Å²) in [7, 11) is 1.99. The van der Waals surface area contributed by atoms with Gasteiger partial charge in [-0.15, -0.1) is 0 Å². The molecule has 3 heteroatoms. The van der Waals surface area contributed by atoms with Crippen LogP contribution in [0.1, 0.15) is 16.8 Å². The van der Waals surface area contributed by atoms with Crippen LogP contribution in [0.3, 0.4) is 0 Å². The lowest BCUT2D eigenvalue weighted by atomic mass is 10.1. The summed E-state index contributed by atoms with van der Waals surface area (Å²) in [6.07, 6.45) is 0. The van der Waals surface area contributed by atoms with Crippen LogP contribution in [0.5, 0.6) is 0 Å². The average Bonchev–Trinajstić information content (AvgIpc) is 2.76. The Morgan fingerprint density at radius 3 is 2.52 bits per heavy atom. The van der Waals surface area contributed by atoms with Crippen LogP contribution in [0.2, 0.25) is 5.02 Å². The third-order valence-corrected chi connectivity index (χ3v) is 4.37. The fourth-order valence-electron chi connectivity index (χ4n) is 2.90. The first kappa shape index (κ1) is 14.2. The summed E-state index contributed by atoms with van der Waals surface area (Å²) in [5.41, 5.74) is 5.07. The molecule has 0 aliphatic heterocycles. The second-order valence-electron chi connectivity index (χ2n) is 5.29. The molecule has 0 aliphatic carbocycles. The van der Waals surface area contributed by atoms with Crippen molar-refractivity contribution in [3.8, 4) is 0 Å². The molecule has 0 atom stereocenters. The van der Waals surface area contributed by atoms with E-state index in [1.807, 2.05) is 25.2 Å². The van der Waals surface area contributed by atoms with E-state index in [-0.39, 0.29) is 0 Å². The van der Waals surface area contributed by atoms with Crippen LogP contribution in [0.25, 0.3) is 10.9 Å². The molecule has 108 valence electrons. The highest BCUT2D eigenvalue weighted by molar-refractivity contribution is 6.31. The second kappa shape index (κ2) is 5.92. The molecule has 0 amide bonds. The molecule has 0 saturated carbocycles. The smallest absolute Gasteiger partial charge is 0.0493 e. The number of rotatable bonds is 4. The van der Waals surface area contributed by atoms with Crippen molar-refractivity contribution in [3.05, 3.63) is 70.4 Å². The van der Waals surface area contributed by atoms with Crippen LogP contribution in [-0.2, 0) is 13.1 Å². The summed E-state index contributed by atoms with van der Waals surface area (Å²) >= 11 is 6.32. The lowest BCUT2D eigenvalue weighted by Crippen LogP contribution is -2.08. The minimum absolute atomic E-state index is 0.801. The van der Waals surface area contributed by atoms with Gasteiger partial charge in [0.1, 0.15) is 0 Å². The fraction of sp³-hybridized carbons (Fsp3) is 0.222. The first-order valence-electron chi connectivity index (χ1n) is 7.17. The standard InChI is InChI=1S/C18H19ClN2/c1-13-16(11-20-2)15-8-4-6-10-18(15)21(13)12-14-7-3-5-9-17(14)19/h3-10,20H,11-12H2,1-2H3. The summed E-state index contributed by atoms with van der Waals surface area (Å²) in [5, 5.41) is 5.41. The van der Waals surface area contributed by atoms with E-state index in [0.717, 1.165) is 23.7 Å². The highest BCUT2D eigenvalue weighted by Gasteiger charge is 2.13. The number of para-hydroxylation sites is 1. The number of hydrogen-bond acceptors (Lipinski definition) is 1. The Hall–Kier alpha value is -1.77. The third-order valence-electron chi connectivity index (χ3n) is 4.00. The van der Waals surface area contributed by atoms with Gasteiger partial charge in [-0.25, -0.2) is 0 Å². The van der Waals surface area contributed by atoms with Gasteiger partial charge in [0.25, 0.3) is 0 Å². The molecule has 1 N–H and O–H groups in total. The van der Waals surface area contributed by atoms with Crippen molar-refractivity contribution in [2.24, 2.45) is 0 Å². The van der Waals surface area contributed by atoms with Crippen molar-refractivity contribution in [3.63, 3.8) is 0 Å². The predicted octanol–water partition coefficient (Wildman–Crippen LogP) is 4.37. The highest BCUT2D eigenvalue weighted by Crippen LogP contribution is 2.28. The monoisotopic (exact) mass is 298 g/mol. The summed E-state index contributed by atoms with van der Waals surface area (Å²) in [6, 6.07) is 16.6. The Labute approximate surface area is 130 Å². The number of nitrogens with one attached hydrogen (secondary N) is 1. The van der Waals surface area contributed by atoms with Crippen LogP contribution in [-0.4, -0.2) is 11.6 Å². The number of benzene rings is 2. The Bertz CT molecular complexity index is 774. The molecule has 0 spiro atoms. The zero-order valence-corrected chi connectivity index (χ0v) is 13.1. The number of nitrogens with zero attached hydrogens (tertiary/aromatic N) is 1. The molecule has 2 nitrogen and oxygen atoms in total. The van der Waals surface area contributed by atoms with Gasteiger partial charge < -0.3 is 9.88 Å². The van der Waals surface area contributed by atoms with E-state index < -0.39 is 0 Å². The summed E-state index contributed by atoms with van der Waals surface area (Å²) in [4.78, 5) is 0. The topological polar surface area (TPSA) is 17.0 Å². The van der Waals surface area contributed by atoms with Crippen molar-refractivity contribution < 1.29 is 0 Å². The molecule has 21 heavy (non-hydrogen) atoms. The van der Waals surface area contributed by atoms with E-state index in [9.17, 15) is 0 Å². The van der Waals surface area contributed by atoms with E-state index in [4.69, 9.17) is 11.6 Å². The highest BCUT2D eigenvalue weighted by atomic mass is 35.5. The summed E-state index contributed by atoms with van der Waals surface area (Å²) in [5.74, 6) is 0. The van der Waals surface area contributed by atoms with E-state index in [1.54, 1.807) is 0 Å². The van der Waals surface area contributed by atoms with Crippen LogP contribution in [0.15, 0.2) is 48.5 Å². The number of aromatic nitrogens is 1. The van der Waals surface area contributed by atoms with E-state index in [1.165, 1.54) is 22.2 Å². The van der Waals surface area contributed by atoms with Gasteiger partial charge >= 0.3 is 0 Å². The van der Waals surface area contributed by atoms with Crippen molar-refractivity contribution in [2.75, 3.05) is 7.05 Å². The number of fused-ring (bicyclic) bond motifs is 1. The molecule has 2 aromatic carbocycles. The van der Waals surface area contributed by atoms with Crippen LogP contribution >= 0.6 is 11.6 Å². The first-order valence-corrected chi connectivity index (χ1v) is 7.55. The predicted molar refractivity (Wildman–Crippen MR) is 90.0 cm³/mol. The lowest BCUT2D eigenvalue weighted by molar-refractivity contribution is 0.768. The fourth-order valence-corrected chi connectivity index (χ4v) is 3.10. The largest absolute Gasteiger partial charge is 0.340 e. The normalized spacial score (nSPS) is 11.2. The van der Waals surface area contributed by atoms with Crippen LogP contribution in [0.4, 0.5) is 0 Å². The van der Waals surface area contributed by atoms with Gasteiger partial charge in [0, 0.05) is 34.7 Å². The van der Waals surface area contributed by atoms with Crippen molar-refractivity contribution in [1.82, 2.24) is 9.88 Å². The molecule has 1 aromatic heterocycles. The average molecular weight is 299 g/mol. The van der Waals surface area contributed by atoms with Crippen LogP contribution < -0.4 is 5.32 Å². The Morgan fingerprint density at radius 1 is 1.05 bits per heavy atom. The molecule has 0 fully saturated rings. The van der Waals surface area contributed by atoms with Crippen molar-refractivity contribution >= 4 is 22.5 Å². The Kier molecular flexibility index (Phi) is 4.00. The van der Waals surface area contributed by atoms with Gasteiger partial charge in [-0.3, -0.25) is 0 Å². The molecule has 0 unspecified atom stereocenters. The molecule has 3 rings (SSSR count). The Balaban J connectivity index is 2.14. The molecular weight excluding hydrogens is 280 g/mol. The second-order valence-corrected chi connectivity index (χ2v) is 5.70. The molecule has 3 aromatic rings. The molecule has 1 heterocycles. The van der Waals surface area contributed by atoms with Gasteiger partial charge in [-0.05, 0) is 37.2 Å². The van der Waals surface area contributed by atoms with Gasteiger partial charge in [0.15, 0.2) is 0 Å². The maximum Gasteiger partial charge on any atom is 0.0493 e. The van der Waals surface area contributed by atoms with E-state index in [2.05, 4.69) is 47.1 Å².